The highest BCUT2D eigenvalue weighted by Crippen LogP contribution is 2.40. The molecule has 0 unspecified atom stereocenters. The molecule has 1 aliphatic heterocycles. The van der Waals surface area contributed by atoms with E-state index in [9.17, 15) is 30.8 Å². The van der Waals surface area contributed by atoms with Crippen molar-refractivity contribution in [2.45, 2.75) is 58.1 Å². The molecule has 1 saturated heterocycles. The van der Waals surface area contributed by atoms with Crippen LogP contribution in [-0.4, -0.2) is 77.2 Å². The van der Waals surface area contributed by atoms with E-state index in [0.29, 0.717) is 26.4 Å². The first-order valence-electron chi connectivity index (χ1n) is 14.4. The number of aryl methyl sites for hydroxylation is 1. The number of rotatable bonds is 8. The average Bonchev–Trinajstić information content (AvgIpc) is 3.31. The normalized spacial score (nSPS) is 17.4. The van der Waals surface area contributed by atoms with E-state index in [1.165, 1.54) is 34.6 Å². The van der Waals surface area contributed by atoms with Gasteiger partial charge in [0, 0.05) is 36.0 Å². The number of amides is 1. The molecule has 5 rings (SSSR count). The number of anilines is 2. The maximum atomic E-state index is 14.6. The van der Waals surface area contributed by atoms with Gasteiger partial charge in [-0.2, -0.15) is 13.2 Å². The van der Waals surface area contributed by atoms with E-state index in [4.69, 9.17) is 9.47 Å². The molecule has 1 aliphatic rings. The summed E-state index contributed by atoms with van der Waals surface area (Å²) in [5, 5.41) is 4.50. The van der Waals surface area contributed by atoms with Crippen LogP contribution in [0.2, 0.25) is 0 Å². The summed E-state index contributed by atoms with van der Waals surface area (Å²) in [4.78, 5) is 27.8. The molecule has 11 nitrogen and oxygen atoms in total. The second-order valence-electron chi connectivity index (χ2n) is 11.9. The van der Waals surface area contributed by atoms with Crippen LogP contribution >= 0.6 is 11.3 Å². The summed E-state index contributed by atoms with van der Waals surface area (Å²) >= 11 is 1.29. The maximum absolute atomic E-state index is 14.6. The van der Waals surface area contributed by atoms with Gasteiger partial charge in [0.05, 0.1) is 22.9 Å². The highest BCUT2D eigenvalue weighted by molar-refractivity contribution is 7.92. The van der Waals surface area contributed by atoms with Crippen LogP contribution in [-0.2, 0) is 14.8 Å². The first-order chi connectivity index (χ1) is 21.9. The van der Waals surface area contributed by atoms with E-state index < -0.39 is 45.9 Å². The summed E-state index contributed by atoms with van der Waals surface area (Å²) in [5.74, 6) is -1.37. The van der Waals surface area contributed by atoms with Crippen LogP contribution in [0.3, 0.4) is 0 Å². The molecule has 47 heavy (non-hydrogen) atoms. The number of likely N-dealkylation sites (tertiary alicyclic amines) is 1. The second-order valence-corrected chi connectivity index (χ2v) is 14.9. The number of thiazole rings is 1. The Labute approximate surface area is 272 Å². The molecule has 0 aliphatic carbocycles. The number of carbonyl (C=O) groups excluding carboxylic acids is 1. The number of benzene rings is 2. The first kappa shape index (κ1) is 34.1. The molecule has 1 fully saturated rings. The van der Waals surface area contributed by atoms with Crippen LogP contribution in [0.4, 0.5) is 34.0 Å². The van der Waals surface area contributed by atoms with Gasteiger partial charge in [-0.3, -0.25) is 4.72 Å². The summed E-state index contributed by atoms with van der Waals surface area (Å²) in [6, 6.07) is 10.4. The van der Waals surface area contributed by atoms with Gasteiger partial charge in [0.25, 0.3) is 0 Å². The number of nitrogens with one attached hydrogen (secondary N) is 2. The summed E-state index contributed by atoms with van der Waals surface area (Å²) in [6.45, 7) is 7.09. The molecule has 2 aromatic heterocycles. The molecule has 1 amide bonds. The third-order valence-electron chi connectivity index (χ3n) is 6.69. The Kier molecular flexibility index (Phi) is 9.50. The minimum Gasteiger partial charge on any atom is -0.444 e. The SMILES string of the molecule is Cc1nc(Oc2ccc(NS(=O)(=O)CC(F)(F)F)c3ccccc23)c(-c2ccnc(N[C@H]3C[C@H](F)CN(C(=O)OC(C)(C)C)C3)n2)s1. The zero-order valence-corrected chi connectivity index (χ0v) is 27.4. The molecule has 17 heteroatoms. The van der Waals surface area contributed by atoms with E-state index in [0.717, 1.165) is 0 Å². The third-order valence-corrected chi connectivity index (χ3v) is 8.90. The number of hydrogen-bond acceptors (Lipinski definition) is 10. The molecule has 3 heterocycles. The quantitative estimate of drug-likeness (QED) is 0.188. The van der Waals surface area contributed by atoms with Crippen molar-refractivity contribution in [1.82, 2.24) is 19.9 Å². The molecular weight excluding hydrogens is 664 g/mol. The lowest BCUT2D eigenvalue weighted by molar-refractivity contribution is -0.106. The largest absolute Gasteiger partial charge is 0.444 e. The van der Waals surface area contributed by atoms with Gasteiger partial charge in [-0.15, -0.1) is 11.3 Å². The lowest BCUT2D eigenvalue weighted by Crippen LogP contribution is -2.51. The molecule has 0 spiro atoms. The van der Waals surface area contributed by atoms with E-state index in [-0.39, 0.29) is 42.8 Å². The van der Waals surface area contributed by atoms with Gasteiger partial charge in [0.15, 0.2) is 5.75 Å². The van der Waals surface area contributed by atoms with Crippen LogP contribution in [0, 0.1) is 6.92 Å². The van der Waals surface area contributed by atoms with Gasteiger partial charge in [-0.1, -0.05) is 24.3 Å². The Balaban J connectivity index is 1.38. The standard InChI is InChI=1S/C30H32F4N6O5S2/c1-17-36-26(44-24-10-9-22(20-7-5-6-8-21(20)24)39-47(42,43)16-30(32,33)34)25(46-17)23-11-12-35-27(38-23)37-19-13-18(31)14-40(15-19)28(41)45-29(2,3)4/h5-12,18-19,39H,13-16H2,1-4H3,(H,35,37,38)/t18-,19-/m0/s1. The Morgan fingerprint density at radius 1 is 1.06 bits per heavy atom. The topological polar surface area (TPSA) is 136 Å². The van der Waals surface area contributed by atoms with Crippen molar-refractivity contribution in [2.24, 2.45) is 0 Å². The number of aromatic nitrogens is 3. The predicted molar refractivity (Wildman–Crippen MR) is 170 cm³/mol. The van der Waals surface area contributed by atoms with Crippen LogP contribution in [0.5, 0.6) is 11.6 Å². The van der Waals surface area contributed by atoms with Crippen molar-refractivity contribution in [3.8, 4) is 22.2 Å². The van der Waals surface area contributed by atoms with Gasteiger partial charge >= 0.3 is 12.3 Å². The van der Waals surface area contributed by atoms with E-state index in [2.05, 4.69) is 20.3 Å². The molecule has 0 bridgehead atoms. The fraction of sp³-hybridized carbons (Fsp3) is 0.400. The van der Waals surface area contributed by atoms with Gasteiger partial charge in [-0.25, -0.2) is 32.6 Å². The zero-order chi connectivity index (χ0) is 34.1. The number of halogens is 4. The molecular formula is C30H32F4N6O5S2. The summed E-state index contributed by atoms with van der Waals surface area (Å²) < 4.78 is 91.1. The van der Waals surface area contributed by atoms with Gasteiger partial charge in [0.2, 0.25) is 21.9 Å². The third kappa shape index (κ3) is 8.97. The Hall–Kier alpha value is -4.25. The number of hydrogen-bond donors (Lipinski definition) is 2. The number of nitrogens with zero attached hydrogens (tertiary/aromatic N) is 4. The molecule has 2 N–H and O–H groups in total. The van der Waals surface area contributed by atoms with Crippen LogP contribution < -0.4 is 14.8 Å². The molecule has 252 valence electrons. The molecule has 4 aromatic rings. The van der Waals surface area contributed by atoms with Crippen molar-refractivity contribution in [2.75, 3.05) is 28.9 Å². The minimum absolute atomic E-state index is 0.0399. The molecule has 2 atom stereocenters. The highest BCUT2D eigenvalue weighted by Gasteiger charge is 2.36. The van der Waals surface area contributed by atoms with E-state index in [1.54, 1.807) is 58.0 Å². The monoisotopic (exact) mass is 696 g/mol. The minimum atomic E-state index is -4.91. The molecule has 2 aromatic carbocycles. The highest BCUT2D eigenvalue weighted by atomic mass is 32.2. The summed E-state index contributed by atoms with van der Waals surface area (Å²) in [5.41, 5.74) is -0.321. The van der Waals surface area contributed by atoms with Crippen molar-refractivity contribution in [3.05, 3.63) is 53.7 Å². The Morgan fingerprint density at radius 3 is 2.49 bits per heavy atom. The molecule has 0 saturated carbocycles. The maximum Gasteiger partial charge on any atom is 0.410 e. The second kappa shape index (κ2) is 13.1. The average molecular weight is 697 g/mol. The number of carbonyl (C=O) groups is 1. The van der Waals surface area contributed by atoms with Crippen LogP contribution in [0.25, 0.3) is 21.3 Å². The van der Waals surface area contributed by atoms with Gasteiger partial charge in [0.1, 0.15) is 22.4 Å². The van der Waals surface area contributed by atoms with Crippen molar-refractivity contribution in [1.29, 1.82) is 0 Å². The van der Waals surface area contributed by atoms with Crippen LogP contribution in [0.1, 0.15) is 32.2 Å². The summed E-state index contributed by atoms with van der Waals surface area (Å²) in [7, 11) is -4.72. The smallest absolute Gasteiger partial charge is 0.410 e. The fourth-order valence-corrected chi connectivity index (χ4v) is 6.80. The zero-order valence-electron chi connectivity index (χ0n) is 25.8. The van der Waals surface area contributed by atoms with Crippen molar-refractivity contribution < 1.29 is 40.2 Å². The van der Waals surface area contributed by atoms with Gasteiger partial charge in [-0.05, 0) is 45.9 Å². The Morgan fingerprint density at radius 2 is 1.79 bits per heavy atom. The fourth-order valence-electron chi connectivity index (χ4n) is 4.97. The number of fused-ring (bicyclic) bond motifs is 1. The van der Waals surface area contributed by atoms with E-state index in [1.807, 2.05) is 4.72 Å². The van der Waals surface area contributed by atoms with Gasteiger partial charge < -0.3 is 19.7 Å². The number of sulfonamides is 1. The van der Waals surface area contributed by atoms with Crippen molar-refractivity contribution in [3.63, 3.8) is 0 Å². The van der Waals surface area contributed by atoms with Crippen LogP contribution in [0.15, 0.2) is 48.7 Å². The molecule has 0 radical (unpaired) electrons. The lowest BCUT2D eigenvalue weighted by atomic mass is 10.0. The number of ether oxygens (including phenoxy) is 2. The van der Waals surface area contributed by atoms with E-state index >= 15 is 0 Å². The van der Waals surface area contributed by atoms with Crippen molar-refractivity contribution >= 4 is 49.9 Å². The number of piperidine rings is 1. The lowest BCUT2D eigenvalue weighted by Gasteiger charge is -2.36. The first-order valence-corrected chi connectivity index (χ1v) is 16.9. The summed E-state index contributed by atoms with van der Waals surface area (Å²) in [6.07, 6.45) is -5.14. The predicted octanol–water partition coefficient (Wildman–Crippen LogP) is 6.92. The number of alkyl halides is 4. The Bertz CT molecular complexity index is 1880.